The number of rotatable bonds is 0. The maximum absolute atomic E-state index is 10.8. The molecule has 0 bridgehead atoms. The van der Waals surface area contributed by atoms with Gasteiger partial charge in [-0.1, -0.05) is 13.0 Å². The van der Waals surface area contributed by atoms with Gasteiger partial charge in [-0.25, -0.2) is 0 Å². The number of phenolic OH excluding ortho intramolecular Hbond substituents is 1. The minimum atomic E-state index is -0.488. The first kappa shape index (κ1) is 13.6. The van der Waals surface area contributed by atoms with Crippen LogP contribution in [0.25, 0.3) is 0 Å². The van der Waals surface area contributed by atoms with Crippen LogP contribution in [0.1, 0.15) is 63.0 Å². The van der Waals surface area contributed by atoms with Crippen molar-refractivity contribution in [3.63, 3.8) is 0 Å². The van der Waals surface area contributed by atoms with Crippen LogP contribution in [0.15, 0.2) is 18.2 Å². The standard InChI is InChI=1S/C19H26O2/c1-18-9-7-15-14-6-4-13(20)11-12(14)3-5-16(15)17(18)8-10-19(18,2)21/h4,6,11,15-17,20-21H,3,5,7-10H2,1-2H3/t15-,16+,17+,18+,19+/m1/s1. The maximum Gasteiger partial charge on any atom is 0.115 e. The molecular formula is C19H26O2. The molecule has 0 saturated heterocycles. The largest absolute Gasteiger partial charge is 0.508 e. The number of phenols is 1. The Morgan fingerprint density at radius 1 is 1.10 bits per heavy atom. The second-order valence-electron chi connectivity index (χ2n) is 8.07. The Kier molecular flexibility index (Phi) is 2.76. The van der Waals surface area contributed by atoms with Crippen LogP contribution >= 0.6 is 0 Å². The summed E-state index contributed by atoms with van der Waals surface area (Å²) in [6.45, 7) is 4.38. The van der Waals surface area contributed by atoms with Crippen molar-refractivity contribution in [1.82, 2.24) is 0 Å². The molecule has 2 N–H and O–H groups in total. The average molecular weight is 286 g/mol. The molecule has 1 aromatic carbocycles. The second kappa shape index (κ2) is 4.25. The molecule has 2 fully saturated rings. The normalized spacial score (nSPS) is 44.8. The van der Waals surface area contributed by atoms with Gasteiger partial charge in [0.1, 0.15) is 5.75 Å². The molecule has 0 radical (unpaired) electrons. The SMILES string of the molecule is C[C@]1(O)CC[C@H]2[C@H]3CCc4cc(O)ccc4[C@H]3CC[C@@]21C. The van der Waals surface area contributed by atoms with E-state index in [0.717, 1.165) is 25.2 Å². The van der Waals surface area contributed by atoms with Gasteiger partial charge in [0, 0.05) is 0 Å². The van der Waals surface area contributed by atoms with Gasteiger partial charge in [-0.2, -0.15) is 0 Å². The highest BCUT2D eigenvalue weighted by Crippen LogP contribution is 2.64. The highest BCUT2D eigenvalue weighted by molar-refractivity contribution is 5.40. The molecule has 114 valence electrons. The maximum atomic E-state index is 10.8. The Morgan fingerprint density at radius 2 is 1.90 bits per heavy atom. The summed E-state index contributed by atoms with van der Waals surface area (Å²) in [4.78, 5) is 0. The molecule has 5 atom stereocenters. The summed E-state index contributed by atoms with van der Waals surface area (Å²) >= 11 is 0. The van der Waals surface area contributed by atoms with E-state index in [4.69, 9.17) is 0 Å². The Labute approximate surface area is 127 Å². The summed E-state index contributed by atoms with van der Waals surface area (Å²) in [5.41, 5.74) is 2.43. The predicted octanol–water partition coefficient (Wildman–Crippen LogP) is 4.00. The molecule has 0 amide bonds. The van der Waals surface area contributed by atoms with Crippen molar-refractivity contribution in [1.29, 1.82) is 0 Å². The molecule has 1 aromatic rings. The van der Waals surface area contributed by atoms with Crippen LogP contribution in [0.4, 0.5) is 0 Å². The van der Waals surface area contributed by atoms with E-state index < -0.39 is 5.60 Å². The van der Waals surface area contributed by atoms with Gasteiger partial charge in [-0.05, 0) is 91.9 Å². The highest BCUT2D eigenvalue weighted by Gasteiger charge is 2.59. The molecule has 4 rings (SSSR count). The Hall–Kier alpha value is -1.02. The van der Waals surface area contributed by atoms with Crippen molar-refractivity contribution < 1.29 is 10.2 Å². The fourth-order valence-electron chi connectivity index (χ4n) is 5.81. The number of fused-ring (bicyclic) bond motifs is 5. The molecule has 3 aliphatic carbocycles. The molecular weight excluding hydrogens is 260 g/mol. The van der Waals surface area contributed by atoms with Gasteiger partial charge in [0.25, 0.3) is 0 Å². The molecule has 0 heterocycles. The molecule has 0 aromatic heterocycles. The zero-order valence-electron chi connectivity index (χ0n) is 13.1. The van der Waals surface area contributed by atoms with Crippen LogP contribution < -0.4 is 0 Å². The van der Waals surface area contributed by atoms with Gasteiger partial charge < -0.3 is 10.2 Å². The molecule has 2 heteroatoms. The van der Waals surface area contributed by atoms with Crippen LogP contribution in [0.2, 0.25) is 0 Å². The van der Waals surface area contributed by atoms with Crippen molar-refractivity contribution in [2.24, 2.45) is 17.3 Å². The third-order valence-corrected chi connectivity index (χ3v) is 7.27. The molecule has 0 unspecified atom stereocenters. The van der Waals surface area contributed by atoms with Crippen molar-refractivity contribution in [3.05, 3.63) is 29.3 Å². The lowest BCUT2D eigenvalue weighted by atomic mass is 9.53. The van der Waals surface area contributed by atoms with E-state index in [9.17, 15) is 10.2 Å². The van der Waals surface area contributed by atoms with Gasteiger partial charge in [0.2, 0.25) is 0 Å². The van der Waals surface area contributed by atoms with Crippen LogP contribution in [0.3, 0.4) is 0 Å². The summed E-state index contributed by atoms with van der Waals surface area (Å²) in [5.74, 6) is 2.42. The Bertz CT molecular complexity index is 577. The number of aliphatic hydroxyl groups is 1. The molecule has 2 saturated carbocycles. The molecule has 2 nitrogen and oxygen atoms in total. The fourth-order valence-corrected chi connectivity index (χ4v) is 5.81. The minimum Gasteiger partial charge on any atom is -0.508 e. The van der Waals surface area contributed by atoms with E-state index in [1.54, 1.807) is 0 Å². The summed E-state index contributed by atoms with van der Waals surface area (Å²) in [5, 5.41) is 20.5. The van der Waals surface area contributed by atoms with E-state index in [2.05, 4.69) is 19.9 Å². The van der Waals surface area contributed by atoms with Gasteiger partial charge in [0.05, 0.1) is 5.60 Å². The Balaban J connectivity index is 1.72. The summed E-state index contributed by atoms with van der Waals surface area (Å²) in [6.07, 6.45) is 6.76. The topological polar surface area (TPSA) is 40.5 Å². The summed E-state index contributed by atoms with van der Waals surface area (Å²) < 4.78 is 0. The minimum absolute atomic E-state index is 0.0998. The first-order valence-corrected chi connectivity index (χ1v) is 8.46. The highest BCUT2D eigenvalue weighted by atomic mass is 16.3. The van der Waals surface area contributed by atoms with Crippen LogP contribution in [-0.2, 0) is 6.42 Å². The summed E-state index contributed by atoms with van der Waals surface area (Å²) in [7, 11) is 0. The first-order valence-electron chi connectivity index (χ1n) is 8.46. The molecule has 0 spiro atoms. The van der Waals surface area contributed by atoms with Crippen molar-refractivity contribution in [2.75, 3.05) is 0 Å². The van der Waals surface area contributed by atoms with Gasteiger partial charge in [-0.3, -0.25) is 0 Å². The van der Waals surface area contributed by atoms with E-state index in [1.807, 2.05) is 12.1 Å². The van der Waals surface area contributed by atoms with Gasteiger partial charge in [0.15, 0.2) is 0 Å². The fraction of sp³-hybridized carbons (Fsp3) is 0.684. The monoisotopic (exact) mass is 286 g/mol. The second-order valence-corrected chi connectivity index (χ2v) is 8.07. The zero-order chi connectivity index (χ0) is 14.8. The molecule has 0 aliphatic heterocycles. The van der Waals surface area contributed by atoms with E-state index in [0.29, 0.717) is 17.6 Å². The molecule has 21 heavy (non-hydrogen) atoms. The first-order chi connectivity index (χ1) is 9.92. The number of aromatic hydroxyl groups is 1. The lowest BCUT2D eigenvalue weighted by Crippen LogP contribution is -2.49. The third kappa shape index (κ3) is 1.75. The smallest absolute Gasteiger partial charge is 0.115 e. The van der Waals surface area contributed by atoms with Gasteiger partial charge >= 0.3 is 0 Å². The summed E-state index contributed by atoms with van der Waals surface area (Å²) in [6, 6.07) is 5.96. The number of benzene rings is 1. The van der Waals surface area contributed by atoms with Crippen LogP contribution in [0, 0.1) is 17.3 Å². The zero-order valence-corrected chi connectivity index (χ0v) is 13.1. The van der Waals surface area contributed by atoms with Crippen molar-refractivity contribution >= 4 is 0 Å². The van der Waals surface area contributed by atoms with Crippen LogP contribution in [0.5, 0.6) is 5.75 Å². The number of aryl methyl sites for hydroxylation is 1. The average Bonchev–Trinajstić information content (AvgIpc) is 2.69. The van der Waals surface area contributed by atoms with Crippen molar-refractivity contribution in [3.8, 4) is 5.75 Å². The third-order valence-electron chi connectivity index (χ3n) is 7.27. The lowest BCUT2D eigenvalue weighted by molar-refractivity contribution is -0.0901. The lowest BCUT2D eigenvalue weighted by Gasteiger charge is -2.52. The number of hydrogen-bond donors (Lipinski definition) is 2. The van der Waals surface area contributed by atoms with E-state index >= 15 is 0 Å². The number of hydrogen-bond acceptors (Lipinski definition) is 2. The van der Waals surface area contributed by atoms with Crippen molar-refractivity contribution in [2.45, 2.75) is 63.9 Å². The Morgan fingerprint density at radius 3 is 2.71 bits per heavy atom. The predicted molar refractivity (Wildman–Crippen MR) is 83.3 cm³/mol. The van der Waals surface area contributed by atoms with Gasteiger partial charge in [-0.15, -0.1) is 0 Å². The molecule has 3 aliphatic rings. The van der Waals surface area contributed by atoms with E-state index in [-0.39, 0.29) is 5.41 Å². The van der Waals surface area contributed by atoms with Crippen LogP contribution in [-0.4, -0.2) is 15.8 Å². The van der Waals surface area contributed by atoms with E-state index in [1.165, 1.54) is 30.4 Å². The quantitative estimate of drug-likeness (QED) is 0.757.